The lowest BCUT2D eigenvalue weighted by Crippen LogP contribution is -2.35. The Hall–Kier alpha value is -1.07. The van der Waals surface area contributed by atoms with E-state index in [4.69, 9.17) is 0 Å². The number of amides is 1. The molecule has 0 aliphatic carbocycles. The highest BCUT2D eigenvalue weighted by molar-refractivity contribution is 9.10. The molecule has 1 aliphatic heterocycles. The average Bonchev–Trinajstić information content (AvgIpc) is 2.59. The second-order valence-corrected chi connectivity index (χ2v) is 6.81. The van der Waals surface area contributed by atoms with Crippen molar-refractivity contribution in [2.24, 2.45) is 0 Å². The molecule has 1 saturated heterocycles. The molecule has 1 aromatic rings. The van der Waals surface area contributed by atoms with Crippen LogP contribution in [0.5, 0.6) is 0 Å². The minimum Gasteiger partial charge on any atom is -0.362 e. The molecular formula is C16H24BrN3O. The first-order chi connectivity index (χ1) is 9.97. The molecule has 1 aromatic carbocycles. The van der Waals surface area contributed by atoms with Gasteiger partial charge in [-0.05, 0) is 24.1 Å². The fraction of sp³-hybridized carbons (Fsp3) is 0.562. The molecule has 21 heavy (non-hydrogen) atoms. The van der Waals surface area contributed by atoms with Crippen LogP contribution in [-0.4, -0.2) is 43.5 Å². The molecule has 5 heteroatoms. The molecule has 116 valence electrons. The van der Waals surface area contributed by atoms with Crippen LogP contribution >= 0.6 is 15.9 Å². The number of rotatable bonds is 4. The van der Waals surface area contributed by atoms with E-state index in [1.54, 1.807) is 0 Å². The third-order valence-electron chi connectivity index (χ3n) is 3.76. The van der Waals surface area contributed by atoms with Crippen LogP contribution in [0.1, 0.15) is 25.8 Å². The summed E-state index contributed by atoms with van der Waals surface area (Å²) < 4.78 is 1.05. The van der Waals surface area contributed by atoms with Crippen molar-refractivity contribution in [1.29, 1.82) is 0 Å². The molecule has 0 bridgehead atoms. The maximum absolute atomic E-state index is 12.1. The average molecular weight is 354 g/mol. The Morgan fingerprint density at radius 1 is 1.33 bits per heavy atom. The summed E-state index contributed by atoms with van der Waals surface area (Å²) >= 11 is 3.55. The summed E-state index contributed by atoms with van der Waals surface area (Å²) in [5.74, 6) is 0.190. The molecule has 2 rings (SSSR count). The number of anilines is 1. The topological polar surface area (TPSA) is 35.6 Å². The molecule has 0 saturated carbocycles. The lowest BCUT2D eigenvalue weighted by atomic mass is 10.1. The smallest absolute Gasteiger partial charge is 0.241 e. The van der Waals surface area contributed by atoms with Gasteiger partial charge in [0, 0.05) is 42.9 Å². The normalized spacial score (nSPS) is 16.5. The minimum absolute atomic E-state index is 0.190. The largest absolute Gasteiger partial charge is 0.362 e. The van der Waals surface area contributed by atoms with E-state index < -0.39 is 0 Å². The Morgan fingerprint density at radius 3 is 2.81 bits per heavy atom. The van der Waals surface area contributed by atoms with Gasteiger partial charge in [0.1, 0.15) is 0 Å². The number of hydrogen-bond acceptors (Lipinski definition) is 3. The zero-order chi connectivity index (χ0) is 15.4. The van der Waals surface area contributed by atoms with Crippen molar-refractivity contribution in [1.82, 2.24) is 10.2 Å². The van der Waals surface area contributed by atoms with Gasteiger partial charge in [0.15, 0.2) is 0 Å². The summed E-state index contributed by atoms with van der Waals surface area (Å²) in [6.45, 7) is 7.32. The van der Waals surface area contributed by atoms with Crippen molar-refractivity contribution < 1.29 is 4.79 Å². The van der Waals surface area contributed by atoms with Gasteiger partial charge in [-0.3, -0.25) is 4.79 Å². The minimum atomic E-state index is 0.190. The van der Waals surface area contributed by atoms with Gasteiger partial charge >= 0.3 is 0 Å². The third-order valence-corrected chi connectivity index (χ3v) is 4.26. The molecule has 1 fully saturated rings. The molecule has 1 N–H and O–H groups in total. The molecule has 1 heterocycles. The molecule has 0 atom stereocenters. The van der Waals surface area contributed by atoms with Crippen LogP contribution in [0.2, 0.25) is 0 Å². The highest BCUT2D eigenvalue weighted by Gasteiger charge is 2.21. The zero-order valence-electron chi connectivity index (χ0n) is 13.0. The number of carbonyl (C=O) groups is 1. The van der Waals surface area contributed by atoms with Crippen molar-refractivity contribution in [3.8, 4) is 0 Å². The second kappa shape index (κ2) is 7.27. The highest BCUT2D eigenvalue weighted by atomic mass is 79.9. The van der Waals surface area contributed by atoms with Crippen LogP contribution in [0, 0.1) is 0 Å². The highest BCUT2D eigenvalue weighted by Crippen LogP contribution is 2.26. The number of hydrogen-bond donors (Lipinski definition) is 1. The van der Waals surface area contributed by atoms with E-state index in [9.17, 15) is 4.79 Å². The summed E-state index contributed by atoms with van der Waals surface area (Å²) in [6, 6.07) is 6.76. The van der Waals surface area contributed by atoms with Gasteiger partial charge in [-0.1, -0.05) is 35.8 Å². The van der Waals surface area contributed by atoms with Crippen molar-refractivity contribution in [3.05, 3.63) is 28.2 Å². The summed E-state index contributed by atoms with van der Waals surface area (Å²) in [4.78, 5) is 16.1. The van der Waals surface area contributed by atoms with Crippen molar-refractivity contribution in [2.75, 3.05) is 31.6 Å². The van der Waals surface area contributed by atoms with Crippen LogP contribution in [-0.2, 0) is 11.3 Å². The molecule has 1 aliphatic rings. The van der Waals surface area contributed by atoms with Crippen molar-refractivity contribution in [3.63, 3.8) is 0 Å². The fourth-order valence-corrected chi connectivity index (χ4v) is 2.84. The van der Waals surface area contributed by atoms with Gasteiger partial charge in [-0.2, -0.15) is 0 Å². The number of nitrogens with zero attached hydrogens (tertiary/aromatic N) is 2. The van der Waals surface area contributed by atoms with Gasteiger partial charge in [0.2, 0.25) is 5.91 Å². The van der Waals surface area contributed by atoms with E-state index in [-0.39, 0.29) is 5.91 Å². The first kappa shape index (κ1) is 16.3. The molecule has 4 nitrogen and oxygen atoms in total. The third kappa shape index (κ3) is 4.45. The van der Waals surface area contributed by atoms with Crippen LogP contribution in [0.3, 0.4) is 0 Å². The number of likely N-dealkylation sites (N-methyl/N-ethyl adjacent to an activating group) is 1. The Labute approximate surface area is 135 Å². The van der Waals surface area contributed by atoms with Crippen LogP contribution in [0.4, 0.5) is 5.69 Å². The first-order valence-corrected chi connectivity index (χ1v) is 8.27. The molecule has 1 amide bonds. The zero-order valence-corrected chi connectivity index (χ0v) is 14.6. The molecule has 0 radical (unpaired) electrons. The van der Waals surface area contributed by atoms with E-state index in [0.29, 0.717) is 12.6 Å². The molecule has 0 aromatic heterocycles. The van der Waals surface area contributed by atoms with Crippen LogP contribution in [0.15, 0.2) is 22.7 Å². The molecule has 0 unspecified atom stereocenters. The summed E-state index contributed by atoms with van der Waals surface area (Å²) in [7, 11) is 1.88. The van der Waals surface area contributed by atoms with Crippen LogP contribution in [0.25, 0.3) is 0 Å². The van der Waals surface area contributed by atoms with E-state index >= 15 is 0 Å². The van der Waals surface area contributed by atoms with Gasteiger partial charge < -0.3 is 15.1 Å². The van der Waals surface area contributed by atoms with E-state index in [0.717, 1.165) is 36.2 Å². The summed E-state index contributed by atoms with van der Waals surface area (Å²) in [5.41, 5.74) is 2.39. The Morgan fingerprint density at radius 2 is 2.10 bits per heavy atom. The molecular weight excluding hydrogens is 330 g/mol. The first-order valence-electron chi connectivity index (χ1n) is 7.48. The van der Waals surface area contributed by atoms with Crippen molar-refractivity contribution >= 4 is 27.5 Å². The van der Waals surface area contributed by atoms with E-state index in [2.05, 4.69) is 58.2 Å². The Kier molecular flexibility index (Phi) is 5.65. The lowest BCUT2D eigenvalue weighted by Gasteiger charge is -2.25. The van der Waals surface area contributed by atoms with Gasteiger partial charge in [-0.15, -0.1) is 0 Å². The second-order valence-electron chi connectivity index (χ2n) is 5.90. The maximum Gasteiger partial charge on any atom is 0.241 e. The maximum atomic E-state index is 12.1. The predicted octanol–water partition coefficient (Wildman–Crippen LogP) is 2.62. The SMILES string of the molecule is CC(C)NCc1ccc(Br)cc1N1CCCN(C)C(=O)C1. The number of carbonyl (C=O) groups excluding carboxylic acids is 1. The quantitative estimate of drug-likeness (QED) is 0.903. The molecule has 0 spiro atoms. The number of nitrogens with one attached hydrogen (secondary N) is 1. The lowest BCUT2D eigenvalue weighted by molar-refractivity contribution is -0.127. The van der Waals surface area contributed by atoms with Crippen LogP contribution < -0.4 is 10.2 Å². The fourth-order valence-electron chi connectivity index (χ4n) is 2.49. The Balaban J connectivity index is 2.23. The summed E-state index contributed by atoms with van der Waals surface area (Å²) in [6.07, 6.45) is 1.01. The number of halogens is 1. The Bertz CT molecular complexity index is 504. The van der Waals surface area contributed by atoms with Gasteiger partial charge in [0.25, 0.3) is 0 Å². The predicted molar refractivity (Wildman–Crippen MR) is 90.6 cm³/mol. The van der Waals surface area contributed by atoms with Crippen molar-refractivity contribution in [2.45, 2.75) is 32.9 Å². The van der Waals surface area contributed by atoms with Gasteiger partial charge in [-0.25, -0.2) is 0 Å². The number of benzene rings is 1. The monoisotopic (exact) mass is 353 g/mol. The van der Waals surface area contributed by atoms with Gasteiger partial charge in [0.05, 0.1) is 6.54 Å². The van der Waals surface area contributed by atoms with E-state index in [1.165, 1.54) is 5.56 Å². The standard InChI is InChI=1S/C16H24BrN3O/c1-12(2)18-10-13-5-6-14(17)9-15(13)20-8-4-7-19(3)16(21)11-20/h5-6,9,12,18H,4,7-8,10-11H2,1-3H3. The van der Waals surface area contributed by atoms with E-state index in [1.807, 2.05) is 11.9 Å². The summed E-state index contributed by atoms with van der Waals surface area (Å²) in [5, 5.41) is 3.46.